The third kappa shape index (κ3) is 2.47. The van der Waals surface area contributed by atoms with Crippen LogP contribution in [0.5, 0.6) is 0 Å². The van der Waals surface area contributed by atoms with E-state index >= 15 is 0 Å². The van der Waals surface area contributed by atoms with E-state index in [1.54, 1.807) is 0 Å². The summed E-state index contributed by atoms with van der Waals surface area (Å²) in [6, 6.07) is 0.561. The summed E-state index contributed by atoms with van der Waals surface area (Å²) in [7, 11) is 0. The summed E-state index contributed by atoms with van der Waals surface area (Å²) in [5.74, 6) is 0. The molecule has 1 atom stereocenters. The van der Waals surface area contributed by atoms with Gasteiger partial charge in [0.05, 0.1) is 13.2 Å². The van der Waals surface area contributed by atoms with Gasteiger partial charge in [-0.05, 0) is 13.8 Å². The van der Waals surface area contributed by atoms with Gasteiger partial charge in [-0.2, -0.15) is 0 Å². The van der Waals surface area contributed by atoms with Crippen LogP contribution in [0.15, 0.2) is 0 Å². The van der Waals surface area contributed by atoms with E-state index in [0.717, 1.165) is 19.7 Å². The van der Waals surface area contributed by atoms with Crippen molar-refractivity contribution in [1.29, 1.82) is 0 Å². The van der Waals surface area contributed by atoms with Crippen molar-refractivity contribution in [2.24, 2.45) is 0 Å². The van der Waals surface area contributed by atoms with Crippen molar-refractivity contribution >= 4 is 0 Å². The number of rotatable bonds is 1. The van der Waals surface area contributed by atoms with Crippen LogP contribution in [0, 0.1) is 6.57 Å². The first-order valence-corrected chi connectivity index (χ1v) is 4.42. The lowest BCUT2D eigenvalue weighted by atomic mass is 10.2. The van der Waals surface area contributed by atoms with E-state index in [1.165, 1.54) is 0 Å². The Hall–Kier alpha value is -0.590. The van der Waals surface area contributed by atoms with Gasteiger partial charge < -0.3 is 9.58 Å². The van der Waals surface area contributed by atoms with Gasteiger partial charge in [0.1, 0.15) is 6.61 Å². The number of ether oxygens (including phenoxy) is 1. The Bertz CT molecular complexity index is 174. The van der Waals surface area contributed by atoms with Crippen molar-refractivity contribution in [2.45, 2.75) is 25.9 Å². The lowest BCUT2D eigenvalue weighted by molar-refractivity contribution is 0.134. The summed E-state index contributed by atoms with van der Waals surface area (Å²) in [5.41, 5.74) is 0. The Morgan fingerprint density at radius 1 is 1.58 bits per heavy atom. The molecule has 0 saturated carbocycles. The highest BCUT2D eigenvalue weighted by molar-refractivity contribution is 4.84. The smallest absolute Gasteiger partial charge is 0.259 e. The molecular formula is C9H16N2O. The predicted molar refractivity (Wildman–Crippen MR) is 47.9 cm³/mol. The molecule has 68 valence electrons. The second kappa shape index (κ2) is 4.44. The second-order valence-electron chi connectivity index (χ2n) is 3.45. The molecule has 0 unspecified atom stereocenters. The molecule has 1 aliphatic rings. The normalized spacial score (nSPS) is 26.7. The molecule has 1 aliphatic heterocycles. The SMILES string of the molecule is [C-]#[N+][C@@H]1COCCN(C(C)C)C1. The van der Waals surface area contributed by atoms with E-state index in [0.29, 0.717) is 12.6 Å². The molecule has 0 amide bonds. The number of hydrogen-bond acceptors (Lipinski definition) is 2. The van der Waals surface area contributed by atoms with Crippen molar-refractivity contribution in [3.8, 4) is 0 Å². The predicted octanol–water partition coefficient (Wildman–Crippen LogP) is 1.01. The Morgan fingerprint density at radius 3 is 2.92 bits per heavy atom. The molecule has 0 aromatic heterocycles. The standard InChI is InChI=1S/C9H16N2O/c1-8(2)11-4-5-12-7-9(6-11)10-3/h8-9H,4-7H2,1-2H3/t9-/m0/s1. The maximum atomic E-state index is 6.94. The van der Waals surface area contributed by atoms with E-state index in [2.05, 4.69) is 23.6 Å². The molecule has 0 aliphatic carbocycles. The third-order valence-corrected chi connectivity index (χ3v) is 2.19. The molecule has 3 heteroatoms. The quantitative estimate of drug-likeness (QED) is 0.544. The summed E-state index contributed by atoms with van der Waals surface area (Å²) in [6.45, 7) is 14.5. The summed E-state index contributed by atoms with van der Waals surface area (Å²) < 4.78 is 5.32. The molecule has 3 nitrogen and oxygen atoms in total. The first-order valence-electron chi connectivity index (χ1n) is 4.42. The van der Waals surface area contributed by atoms with E-state index in [4.69, 9.17) is 11.3 Å². The summed E-state index contributed by atoms with van der Waals surface area (Å²) in [5, 5.41) is 0. The van der Waals surface area contributed by atoms with Gasteiger partial charge in [-0.1, -0.05) is 0 Å². The monoisotopic (exact) mass is 168 g/mol. The highest BCUT2D eigenvalue weighted by Crippen LogP contribution is 2.06. The van der Waals surface area contributed by atoms with Crippen LogP contribution in [-0.4, -0.2) is 43.3 Å². The maximum absolute atomic E-state index is 6.94. The van der Waals surface area contributed by atoms with E-state index < -0.39 is 0 Å². The van der Waals surface area contributed by atoms with Crippen LogP contribution in [-0.2, 0) is 4.74 Å². The van der Waals surface area contributed by atoms with Gasteiger partial charge in [-0.25, -0.2) is 6.57 Å². The molecule has 1 saturated heterocycles. The molecule has 0 bridgehead atoms. The fourth-order valence-corrected chi connectivity index (χ4v) is 1.36. The fourth-order valence-electron chi connectivity index (χ4n) is 1.36. The highest BCUT2D eigenvalue weighted by atomic mass is 16.5. The molecule has 1 heterocycles. The molecular weight excluding hydrogens is 152 g/mol. The van der Waals surface area contributed by atoms with E-state index in [9.17, 15) is 0 Å². The molecule has 0 spiro atoms. The van der Waals surface area contributed by atoms with Crippen LogP contribution >= 0.6 is 0 Å². The minimum absolute atomic E-state index is 0.0369. The van der Waals surface area contributed by atoms with Crippen LogP contribution in [0.4, 0.5) is 0 Å². The van der Waals surface area contributed by atoms with Crippen molar-refractivity contribution < 1.29 is 4.74 Å². The van der Waals surface area contributed by atoms with Gasteiger partial charge in [0.15, 0.2) is 0 Å². The van der Waals surface area contributed by atoms with Gasteiger partial charge in [0.25, 0.3) is 6.04 Å². The maximum Gasteiger partial charge on any atom is 0.259 e. The van der Waals surface area contributed by atoms with Gasteiger partial charge in [0.2, 0.25) is 0 Å². The minimum atomic E-state index is 0.0369. The average molecular weight is 168 g/mol. The zero-order chi connectivity index (χ0) is 8.97. The Balaban J connectivity index is 2.49. The topological polar surface area (TPSA) is 16.8 Å². The molecule has 1 fully saturated rings. The Morgan fingerprint density at radius 2 is 2.33 bits per heavy atom. The molecule has 12 heavy (non-hydrogen) atoms. The molecule has 1 rings (SSSR count). The molecule has 0 radical (unpaired) electrons. The zero-order valence-electron chi connectivity index (χ0n) is 7.79. The van der Waals surface area contributed by atoms with E-state index in [1.807, 2.05) is 0 Å². The minimum Gasteiger partial charge on any atom is -0.372 e. The number of nitrogens with zero attached hydrogens (tertiary/aromatic N) is 2. The van der Waals surface area contributed by atoms with Crippen molar-refractivity contribution in [1.82, 2.24) is 4.90 Å². The Kier molecular flexibility index (Phi) is 3.51. The molecule has 0 N–H and O–H groups in total. The highest BCUT2D eigenvalue weighted by Gasteiger charge is 2.23. The first-order chi connectivity index (χ1) is 5.74. The second-order valence-corrected chi connectivity index (χ2v) is 3.45. The van der Waals surface area contributed by atoms with Gasteiger partial charge in [-0.15, -0.1) is 0 Å². The van der Waals surface area contributed by atoms with Crippen molar-refractivity contribution in [3.05, 3.63) is 11.4 Å². The van der Waals surface area contributed by atoms with Crippen molar-refractivity contribution in [2.75, 3.05) is 26.3 Å². The summed E-state index contributed by atoms with van der Waals surface area (Å²) in [4.78, 5) is 5.82. The lowest BCUT2D eigenvalue weighted by Crippen LogP contribution is -2.36. The fraction of sp³-hybridized carbons (Fsp3) is 0.889. The Labute approximate surface area is 74.1 Å². The van der Waals surface area contributed by atoms with Crippen LogP contribution in [0.3, 0.4) is 0 Å². The lowest BCUT2D eigenvalue weighted by Gasteiger charge is -2.22. The number of hydrogen-bond donors (Lipinski definition) is 0. The average Bonchev–Trinajstić information content (AvgIpc) is 2.28. The molecule has 0 aromatic rings. The van der Waals surface area contributed by atoms with E-state index in [-0.39, 0.29) is 6.04 Å². The van der Waals surface area contributed by atoms with Gasteiger partial charge in [0, 0.05) is 12.6 Å². The third-order valence-electron chi connectivity index (χ3n) is 2.19. The van der Waals surface area contributed by atoms with Gasteiger partial charge in [-0.3, -0.25) is 4.90 Å². The summed E-state index contributed by atoms with van der Waals surface area (Å²) in [6.07, 6.45) is 0. The largest absolute Gasteiger partial charge is 0.372 e. The van der Waals surface area contributed by atoms with Crippen LogP contribution in [0.2, 0.25) is 0 Å². The first kappa shape index (κ1) is 9.50. The van der Waals surface area contributed by atoms with Crippen molar-refractivity contribution in [3.63, 3.8) is 0 Å². The van der Waals surface area contributed by atoms with Gasteiger partial charge >= 0.3 is 0 Å². The van der Waals surface area contributed by atoms with Crippen LogP contribution < -0.4 is 0 Å². The molecule has 0 aromatic carbocycles. The van der Waals surface area contributed by atoms with Crippen LogP contribution in [0.1, 0.15) is 13.8 Å². The van der Waals surface area contributed by atoms with Crippen LogP contribution in [0.25, 0.3) is 4.85 Å². The zero-order valence-corrected chi connectivity index (χ0v) is 7.79. The summed E-state index contributed by atoms with van der Waals surface area (Å²) >= 11 is 0.